The van der Waals surface area contributed by atoms with E-state index in [0.29, 0.717) is 6.04 Å². The van der Waals surface area contributed by atoms with Crippen molar-refractivity contribution in [3.8, 4) is 11.3 Å². The number of pyridine rings is 1. The highest BCUT2D eigenvalue weighted by molar-refractivity contribution is 5.65. The van der Waals surface area contributed by atoms with Crippen LogP contribution in [0.3, 0.4) is 0 Å². The molecule has 0 unspecified atom stereocenters. The van der Waals surface area contributed by atoms with Gasteiger partial charge < -0.3 is 4.40 Å². The van der Waals surface area contributed by atoms with Crippen LogP contribution in [-0.4, -0.2) is 24.4 Å². The minimum absolute atomic E-state index is 0.308. The molecule has 22 heavy (non-hydrogen) atoms. The summed E-state index contributed by atoms with van der Waals surface area (Å²) in [6, 6.07) is 4.35. The van der Waals surface area contributed by atoms with Gasteiger partial charge >= 0.3 is 0 Å². The van der Waals surface area contributed by atoms with Gasteiger partial charge in [-0.1, -0.05) is 25.1 Å². The lowest BCUT2D eigenvalue weighted by atomic mass is 10.1. The van der Waals surface area contributed by atoms with Gasteiger partial charge in [0, 0.05) is 24.0 Å². The van der Waals surface area contributed by atoms with Crippen molar-refractivity contribution in [1.82, 2.24) is 24.4 Å². The summed E-state index contributed by atoms with van der Waals surface area (Å²) in [7, 11) is 0. The van der Waals surface area contributed by atoms with Crippen molar-refractivity contribution in [3.63, 3.8) is 0 Å². The maximum absolute atomic E-state index is 4.62. The summed E-state index contributed by atoms with van der Waals surface area (Å²) in [6.07, 6.45) is 8.10. The SMILES string of the molecule is C=C(CCC)c1cn2cc(-c3cn(C(C)C)nn3)ccc2n1. The van der Waals surface area contributed by atoms with Crippen LogP contribution in [-0.2, 0) is 0 Å². The molecule has 0 N–H and O–H groups in total. The molecule has 5 nitrogen and oxygen atoms in total. The summed E-state index contributed by atoms with van der Waals surface area (Å²) in [5, 5.41) is 8.41. The summed E-state index contributed by atoms with van der Waals surface area (Å²) in [5.41, 5.74) is 4.87. The van der Waals surface area contributed by atoms with Crippen LogP contribution in [0.5, 0.6) is 0 Å². The van der Waals surface area contributed by atoms with Crippen molar-refractivity contribution >= 4 is 11.2 Å². The maximum atomic E-state index is 4.62. The van der Waals surface area contributed by atoms with Gasteiger partial charge in [-0.2, -0.15) is 0 Å². The molecule has 0 atom stereocenters. The molecular formula is C17H21N5. The first-order valence-corrected chi connectivity index (χ1v) is 7.67. The molecule has 0 aromatic carbocycles. The van der Waals surface area contributed by atoms with Crippen LogP contribution in [0.4, 0.5) is 0 Å². The van der Waals surface area contributed by atoms with Crippen LogP contribution in [0, 0.1) is 0 Å². The lowest BCUT2D eigenvalue weighted by Gasteiger charge is -2.01. The van der Waals surface area contributed by atoms with Crippen LogP contribution in [0.2, 0.25) is 0 Å². The average molecular weight is 295 g/mol. The van der Waals surface area contributed by atoms with E-state index in [1.165, 1.54) is 0 Å². The Morgan fingerprint density at radius 1 is 1.23 bits per heavy atom. The van der Waals surface area contributed by atoms with E-state index in [1.54, 1.807) is 0 Å². The van der Waals surface area contributed by atoms with Gasteiger partial charge in [0.05, 0.1) is 11.9 Å². The number of rotatable bonds is 5. The van der Waals surface area contributed by atoms with E-state index in [-0.39, 0.29) is 0 Å². The molecule has 0 amide bonds. The number of hydrogen-bond acceptors (Lipinski definition) is 3. The topological polar surface area (TPSA) is 48.0 Å². The third-order valence-corrected chi connectivity index (χ3v) is 3.70. The van der Waals surface area contributed by atoms with Gasteiger partial charge in [0.2, 0.25) is 0 Å². The number of nitrogens with zero attached hydrogens (tertiary/aromatic N) is 5. The minimum atomic E-state index is 0.308. The monoisotopic (exact) mass is 295 g/mol. The first kappa shape index (κ1) is 14.5. The molecule has 3 rings (SSSR count). The van der Waals surface area contributed by atoms with Gasteiger partial charge in [-0.05, 0) is 38.0 Å². The molecule has 0 radical (unpaired) electrons. The molecule has 0 fully saturated rings. The fourth-order valence-corrected chi connectivity index (χ4v) is 2.40. The van der Waals surface area contributed by atoms with Crippen LogP contribution < -0.4 is 0 Å². The Kier molecular flexibility index (Phi) is 3.79. The van der Waals surface area contributed by atoms with Crippen LogP contribution in [0.15, 0.2) is 37.3 Å². The Morgan fingerprint density at radius 3 is 2.73 bits per heavy atom. The summed E-state index contributed by atoms with van der Waals surface area (Å²) < 4.78 is 3.89. The molecule has 0 saturated heterocycles. The molecule has 3 aromatic rings. The van der Waals surface area contributed by atoms with Gasteiger partial charge in [-0.25, -0.2) is 9.67 Å². The predicted octanol–water partition coefficient (Wildman–Crippen LogP) is 3.99. The van der Waals surface area contributed by atoms with Gasteiger partial charge in [0.1, 0.15) is 11.3 Å². The van der Waals surface area contributed by atoms with E-state index in [2.05, 4.69) is 42.6 Å². The second-order valence-corrected chi connectivity index (χ2v) is 5.84. The third kappa shape index (κ3) is 2.66. The Hall–Kier alpha value is -2.43. The molecule has 0 aliphatic heterocycles. The van der Waals surface area contributed by atoms with E-state index < -0.39 is 0 Å². The zero-order valence-corrected chi connectivity index (χ0v) is 13.3. The van der Waals surface area contributed by atoms with Crippen molar-refractivity contribution in [2.75, 3.05) is 0 Å². The fraction of sp³-hybridized carbons (Fsp3) is 0.353. The van der Waals surface area contributed by atoms with Gasteiger partial charge in [0.25, 0.3) is 0 Å². The van der Waals surface area contributed by atoms with E-state index in [1.807, 2.05) is 39.8 Å². The summed E-state index contributed by atoms with van der Waals surface area (Å²) in [4.78, 5) is 4.62. The molecule has 3 heterocycles. The van der Waals surface area contributed by atoms with Crippen LogP contribution in [0.25, 0.3) is 22.5 Å². The van der Waals surface area contributed by atoms with Gasteiger partial charge in [-0.3, -0.25) is 0 Å². The molecule has 114 valence electrons. The zero-order valence-electron chi connectivity index (χ0n) is 13.3. The van der Waals surface area contributed by atoms with Crippen molar-refractivity contribution in [1.29, 1.82) is 0 Å². The Balaban J connectivity index is 1.96. The number of imidazole rings is 1. The predicted molar refractivity (Wildman–Crippen MR) is 88.5 cm³/mol. The van der Waals surface area contributed by atoms with Crippen molar-refractivity contribution in [2.45, 2.75) is 39.7 Å². The second-order valence-electron chi connectivity index (χ2n) is 5.84. The van der Waals surface area contributed by atoms with Crippen LogP contribution in [0.1, 0.15) is 45.3 Å². The maximum Gasteiger partial charge on any atom is 0.137 e. The Morgan fingerprint density at radius 2 is 2.05 bits per heavy atom. The number of allylic oxidation sites excluding steroid dienone is 1. The Labute approximate surface area is 130 Å². The smallest absolute Gasteiger partial charge is 0.137 e. The van der Waals surface area contributed by atoms with Gasteiger partial charge in [-0.15, -0.1) is 5.10 Å². The molecule has 0 bridgehead atoms. The molecule has 0 spiro atoms. The van der Waals surface area contributed by atoms with Gasteiger partial charge in [0.15, 0.2) is 0 Å². The highest BCUT2D eigenvalue weighted by Crippen LogP contribution is 2.21. The molecular weight excluding hydrogens is 274 g/mol. The molecule has 3 aromatic heterocycles. The van der Waals surface area contributed by atoms with Crippen molar-refractivity contribution < 1.29 is 0 Å². The zero-order chi connectivity index (χ0) is 15.7. The highest BCUT2D eigenvalue weighted by atomic mass is 15.4. The summed E-state index contributed by atoms with van der Waals surface area (Å²) >= 11 is 0. The first-order chi connectivity index (χ1) is 10.6. The minimum Gasteiger partial charge on any atom is -0.306 e. The third-order valence-electron chi connectivity index (χ3n) is 3.70. The quantitative estimate of drug-likeness (QED) is 0.715. The molecule has 0 aliphatic rings. The average Bonchev–Trinajstić information content (AvgIpc) is 3.13. The highest BCUT2D eigenvalue weighted by Gasteiger charge is 2.09. The van der Waals surface area contributed by atoms with Crippen LogP contribution >= 0.6 is 0 Å². The van der Waals surface area contributed by atoms with Crippen molar-refractivity contribution in [2.24, 2.45) is 0 Å². The van der Waals surface area contributed by atoms with E-state index in [4.69, 9.17) is 0 Å². The second kappa shape index (κ2) is 5.75. The molecule has 5 heteroatoms. The molecule has 0 aliphatic carbocycles. The number of hydrogen-bond donors (Lipinski definition) is 0. The lowest BCUT2D eigenvalue weighted by Crippen LogP contribution is -2.00. The summed E-state index contributed by atoms with van der Waals surface area (Å²) in [5.74, 6) is 0. The van der Waals surface area contributed by atoms with Crippen molar-refractivity contribution in [3.05, 3.63) is 43.0 Å². The normalized spacial score (nSPS) is 11.5. The number of fused-ring (bicyclic) bond motifs is 1. The van der Waals surface area contributed by atoms with E-state index in [0.717, 1.165) is 41.0 Å². The first-order valence-electron chi connectivity index (χ1n) is 7.67. The Bertz CT molecular complexity index is 809. The summed E-state index contributed by atoms with van der Waals surface area (Å²) in [6.45, 7) is 10.4. The fourth-order valence-electron chi connectivity index (χ4n) is 2.40. The lowest BCUT2D eigenvalue weighted by molar-refractivity contribution is 0.514. The molecule has 0 saturated carbocycles. The standard InChI is InChI=1S/C17H21N5/c1-5-6-13(4)15-10-21-9-14(7-8-17(21)18-15)16-11-22(12(2)3)20-19-16/h7-12H,4-6H2,1-3H3. The van der Waals surface area contributed by atoms with E-state index in [9.17, 15) is 0 Å². The van der Waals surface area contributed by atoms with E-state index >= 15 is 0 Å². The number of aromatic nitrogens is 5. The largest absolute Gasteiger partial charge is 0.306 e.